The monoisotopic (exact) mass is 524 g/mol. The number of anilines is 2. The molecule has 6 heteroatoms. The summed E-state index contributed by atoms with van der Waals surface area (Å²) < 4.78 is 12.3. The van der Waals surface area contributed by atoms with Crippen molar-refractivity contribution in [2.45, 2.75) is 12.1 Å². The molecule has 0 saturated carbocycles. The summed E-state index contributed by atoms with van der Waals surface area (Å²) in [6, 6.07) is 45.3. The first-order chi connectivity index (χ1) is 19.8. The molecule has 5 aromatic carbocycles. The lowest BCUT2D eigenvalue weighted by atomic mass is 10.00. The van der Waals surface area contributed by atoms with E-state index in [-0.39, 0.29) is 0 Å². The molecule has 1 aliphatic rings. The standard InChI is InChI=1S/C34H28N4O2/c1-39-30-23-13-12-22-29(30)36-37-32-33(25-15-5-2-6-16-25)40-31-24-14-11-21-28(31)35-34(32)38(26-17-7-3-8-18-26)27-19-9-4-10-20-27/h2-24,32-33H,1H3. The van der Waals surface area contributed by atoms with Crippen molar-refractivity contribution in [3.63, 3.8) is 0 Å². The molecule has 1 heterocycles. The summed E-state index contributed by atoms with van der Waals surface area (Å²) in [6.45, 7) is 0. The Balaban J connectivity index is 1.60. The molecule has 0 amide bonds. The van der Waals surface area contributed by atoms with Crippen molar-refractivity contribution in [3.8, 4) is 11.5 Å². The molecule has 6 rings (SSSR count). The van der Waals surface area contributed by atoms with Crippen molar-refractivity contribution in [2.75, 3.05) is 12.0 Å². The van der Waals surface area contributed by atoms with Gasteiger partial charge in [0, 0.05) is 11.4 Å². The fraction of sp³-hybridized carbons (Fsp3) is 0.0882. The Morgan fingerprint density at radius 1 is 0.675 bits per heavy atom. The highest BCUT2D eigenvalue weighted by molar-refractivity contribution is 6.09. The highest BCUT2D eigenvalue weighted by Crippen LogP contribution is 2.41. The van der Waals surface area contributed by atoms with Gasteiger partial charge in [-0.3, -0.25) is 4.90 Å². The lowest BCUT2D eigenvalue weighted by Crippen LogP contribution is -2.39. The van der Waals surface area contributed by atoms with Gasteiger partial charge in [0.05, 0.1) is 7.11 Å². The number of methoxy groups -OCH3 is 1. The summed E-state index contributed by atoms with van der Waals surface area (Å²) >= 11 is 0. The van der Waals surface area contributed by atoms with E-state index in [1.165, 1.54) is 0 Å². The smallest absolute Gasteiger partial charge is 0.170 e. The van der Waals surface area contributed by atoms with Crippen LogP contribution < -0.4 is 14.4 Å². The summed E-state index contributed by atoms with van der Waals surface area (Å²) in [4.78, 5) is 7.37. The van der Waals surface area contributed by atoms with Crippen LogP contribution in [0.15, 0.2) is 155 Å². The second-order valence-electron chi connectivity index (χ2n) is 9.23. The van der Waals surface area contributed by atoms with Gasteiger partial charge in [-0.05, 0) is 54.1 Å². The summed E-state index contributed by atoms with van der Waals surface area (Å²) in [6.07, 6.45) is -0.503. The van der Waals surface area contributed by atoms with Crippen molar-refractivity contribution in [1.82, 2.24) is 0 Å². The summed E-state index contributed by atoms with van der Waals surface area (Å²) in [5, 5.41) is 9.68. The molecule has 6 nitrogen and oxygen atoms in total. The normalized spacial score (nSPS) is 16.4. The number of azo groups is 1. The van der Waals surface area contributed by atoms with Crippen molar-refractivity contribution >= 4 is 28.6 Å². The van der Waals surface area contributed by atoms with Gasteiger partial charge < -0.3 is 9.47 Å². The molecule has 5 aromatic rings. The Bertz CT molecular complexity index is 1580. The Morgan fingerprint density at radius 3 is 1.93 bits per heavy atom. The fourth-order valence-electron chi connectivity index (χ4n) is 4.77. The predicted molar refractivity (Wildman–Crippen MR) is 160 cm³/mol. The van der Waals surface area contributed by atoms with Crippen LogP contribution in [0.25, 0.3) is 0 Å². The molecule has 0 spiro atoms. The number of para-hydroxylation sites is 5. The number of amidine groups is 1. The molecule has 0 radical (unpaired) electrons. The van der Waals surface area contributed by atoms with Crippen molar-refractivity contribution in [1.29, 1.82) is 0 Å². The minimum absolute atomic E-state index is 0.503. The van der Waals surface area contributed by atoms with E-state index in [1.807, 2.05) is 103 Å². The molecule has 0 saturated heterocycles. The molecule has 2 atom stereocenters. The first-order valence-electron chi connectivity index (χ1n) is 13.1. The molecule has 1 aliphatic heterocycles. The quantitative estimate of drug-likeness (QED) is 0.208. The summed E-state index contributed by atoms with van der Waals surface area (Å²) in [7, 11) is 1.63. The molecule has 0 aromatic heterocycles. The van der Waals surface area contributed by atoms with Crippen LogP contribution in [0.2, 0.25) is 0 Å². The number of benzene rings is 5. The van der Waals surface area contributed by atoms with Crippen LogP contribution in [-0.4, -0.2) is 19.0 Å². The van der Waals surface area contributed by atoms with Crippen molar-refractivity contribution in [2.24, 2.45) is 15.2 Å². The van der Waals surface area contributed by atoms with E-state index in [4.69, 9.17) is 24.7 Å². The lowest BCUT2D eigenvalue weighted by Gasteiger charge is -2.31. The van der Waals surface area contributed by atoms with E-state index in [2.05, 4.69) is 41.3 Å². The molecule has 0 bridgehead atoms. The number of aliphatic imine (C=N–C) groups is 1. The third kappa shape index (κ3) is 5.20. The van der Waals surface area contributed by atoms with Gasteiger partial charge >= 0.3 is 0 Å². The Kier molecular flexibility index (Phi) is 7.31. The fourth-order valence-corrected chi connectivity index (χ4v) is 4.77. The van der Waals surface area contributed by atoms with Crippen LogP contribution in [0.4, 0.5) is 22.7 Å². The van der Waals surface area contributed by atoms with Crippen LogP contribution in [-0.2, 0) is 0 Å². The van der Waals surface area contributed by atoms with Crippen LogP contribution in [0.1, 0.15) is 11.7 Å². The molecule has 0 N–H and O–H groups in total. The highest BCUT2D eigenvalue weighted by Gasteiger charge is 2.37. The van der Waals surface area contributed by atoms with E-state index >= 15 is 0 Å². The third-order valence-corrected chi connectivity index (χ3v) is 6.67. The van der Waals surface area contributed by atoms with Gasteiger partial charge in [-0.2, -0.15) is 10.2 Å². The molecular weight excluding hydrogens is 496 g/mol. The second kappa shape index (κ2) is 11.7. The van der Waals surface area contributed by atoms with Gasteiger partial charge in [-0.15, -0.1) is 0 Å². The minimum Gasteiger partial charge on any atom is -0.494 e. The highest BCUT2D eigenvalue weighted by atomic mass is 16.5. The molecule has 0 aliphatic carbocycles. The number of rotatable bonds is 6. The predicted octanol–water partition coefficient (Wildman–Crippen LogP) is 8.85. The van der Waals surface area contributed by atoms with E-state index < -0.39 is 12.1 Å². The SMILES string of the molecule is COc1ccccc1N=NC1C(N(c2ccccc2)c2ccccc2)=Nc2ccccc2OC1c1ccccc1. The van der Waals surface area contributed by atoms with E-state index in [1.54, 1.807) is 7.11 Å². The summed E-state index contributed by atoms with van der Waals surface area (Å²) in [5.41, 5.74) is 4.23. The lowest BCUT2D eigenvalue weighted by molar-refractivity contribution is 0.198. The van der Waals surface area contributed by atoms with E-state index in [0.29, 0.717) is 23.0 Å². The Hall–Kier alpha value is -5.23. The van der Waals surface area contributed by atoms with Gasteiger partial charge in [0.25, 0.3) is 0 Å². The van der Waals surface area contributed by atoms with Crippen LogP contribution in [0.3, 0.4) is 0 Å². The number of hydrogen-bond donors (Lipinski definition) is 0. The van der Waals surface area contributed by atoms with Gasteiger partial charge in [-0.1, -0.05) is 91.0 Å². The zero-order chi connectivity index (χ0) is 27.1. The average Bonchev–Trinajstić information content (AvgIpc) is 3.18. The van der Waals surface area contributed by atoms with Crippen LogP contribution in [0.5, 0.6) is 11.5 Å². The van der Waals surface area contributed by atoms with E-state index in [0.717, 1.165) is 22.6 Å². The number of ether oxygens (including phenoxy) is 2. The van der Waals surface area contributed by atoms with Gasteiger partial charge in [0.1, 0.15) is 28.7 Å². The minimum atomic E-state index is -0.611. The van der Waals surface area contributed by atoms with Crippen molar-refractivity contribution in [3.05, 3.63) is 145 Å². The third-order valence-electron chi connectivity index (χ3n) is 6.67. The zero-order valence-electron chi connectivity index (χ0n) is 22.0. The first-order valence-corrected chi connectivity index (χ1v) is 13.1. The molecule has 0 fully saturated rings. The van der Waals surface area contributed by atoms with Gasteiger partial charge in [0.2, 0.25) is 0 Å². The molecule has 196 valence electrons. The molecule has 40 heavy (non-hydrogen) atoms. The first kappa shape index (κ1) is 25.1. The van der Waals surface area contributed by atoms with E-state index in [9.17, 15) is 0 Å². The number of fused-ring (bicyclic) bond motifs is 1. The average molecular weight is 525 g/mol. The zero-order valence-corrected chi connectivity index (χ0v) is 22.0. The van der Waals surface area contributed by atoms with Crippen LogP contribution >= 0.6 is 0 Å². The van der Waals surface area contributed by atoms with Crippen LogP contribution in [0, 0.1) is 0 Å². The van der Waals surface area contributed by atoms with Gasteiger partial charge in [0.15, 0.2) is 12.1 Å². The molecular formula is C34H28N4O2. The number of nitrogens with zero attached hydrogens (tertiary/aromatic N) is 4. The topological polar surface area (TPSA) is 58.8 Å². The van der Waals surface area contributed by atoms with Gasteiger partial charge in [-0.25, -0.2) is 4.99 Å². The number of hydrogen-bond acceptors (Lipinski definition) is 6. The van der Waals surface area contributed by atoms with Crippen molar-refractivity contribution < 1.29 is 9.47 Å². The maximum Gasteiger partial charge on any atom is 0.170 e. The molecule has 2 unspecified atom stereocenters. The Morgan fingerprint density at radius 2 is 1.25 bits per heavy atom. The summed E-state index contributed by atoms with van der Waals surface area (Å²) in [5.74, 6) is 2.02. The second-order valence-corrected chi connectivity index (χ2v) is 9.23. The maximum absolute atomic E-state index is 6.73. The largest absolute Gasteiger partial charge is 0.494 e. The Labute approximate surface area is 233 Å². The maximum atomic E-state index is 6.73.